The van der Waals surface area contributed by atoms with Gasteiger partial charge in [-0.15, -0.1) is 0 Å². The van der Waals surface area contributed by atoms with E-state index < -0.39 is 0 Å². The number of fused-ring (bicyclic) bond motifs is 1. The fourth-order valence-electron chi connectivity index (χ4n) is 1.69. The highest BCUT2D eigenvalue weighted by molar-refractivity contribution is 5.83. The molecule has 3 nitrogen and oxygen atoms in total. The number of hydrogen-bond donors (Lipinski definition) is 0. The molecular weight excluding hydrogens is 188 g/mol. The number of benzene rings is 1. The van der Waals surface area contributed by atoms with Crippen LogP contribution in [0.2, 0.25) is 0 Å². The molecule has 0 aliphatic rings. The van der Waals surface area contributed by atoms with Crippen LogP contribution in [0.1, 0.15) is 35.9 Å². The van der Waals surface area contributed by atoms with E-state index in [2.05, 4.69) is 31.0 Å². The van der Waals surface area contributed by atoms with E-state index >= 15 is 0 Å². The van der Waals surface area contributed by atoms with E-state index in [1.165, 1.54) is 5.56 Å². The normalized spacial score (nSPS) is 11.2. The molecular formula is C12H14N2O. The van der Waals surface area contributed by atoms with Crippen LogP contribution in [-0.2, 0) is 7.05 Å². The maximum absolute atomic E-state index is 10.7. The molecule has 3 heteroatoms. The first-order valence-corrected chi connectivity index (χ1v) is 5.05. The summed E-state index contributed by atoms with van der Waals surface area (Å²) in [6, 6.07) is 6.13. The second-order valence-electron chi connectivity index (χ2n) is 4.05. The van der Waals surface area contributed by atoms with Gasteiger partial charge in [-0.05, 0) is 23.6 Å². The van der Waals surface area contributed by atoms with Crippen LogP contribution in [-0.4, -0.2) is 15.8 Å². The van der Waals surface area contributed by atoms with Gasteiger partial charge in [-0.1, -0.05) is 19.9 Å². The van der Waals surface area contributed by atoms with Crippen molar-refractivity contribution in [3.05, 3.63) is 29.6 Å². The predicted octanol–water partition coefficient (Wildman–Crippen LogP) is 2.51. The maximum atomic E-state index is 10.7. The Hall–Kier alpha value is -1.64. The third-order valence-corrected chi connectivity index (χ3v) is 2.71. The van der Waals surface area contributed by atoms with Crippen LogP contribution in [0.3, 0.4) is 0 Å². The second-order valence-corrected chi connectivity index (χ2v) is 4.05. The van der Waals surface area contributed by atoms with Crippen molar-refractivity contribution in [3.8, 4) is 0 Å². The first-order chi connectivity index (χ1) is 7.13. The SMILES string of the molecule is CC(C)c1ccc2nc(C=O)n(C)c2c1. The Kier molecular flexibility index (Phi) is 2.31. The molecule has 0 N–H and O–H groups in total. The van der Waals surface area contributed by atoms with E-state index in [9.17, 15) is 4.79 Å². The number of nitrogens with zero attached hydrogens (tertiary/aromatic N) is 2. The van der Waals surface area contributed by atoms with Gasteiger partial charge in [0.15, 0.2) is 12.1 Å². The minimum atomic E-state index is 0.478. The van der Waals surface area contributed by atoms with Crippen molar-refractivity contribution in [2.45, 2.75) is 19.8 Å². The summed E-state index contributed by atoms with van der Waals surface area (Å²) in [5, 5.41) is 0. The van der Waals surface area contributed by atoms with E-state index in [0.29, 0.717) is 11.7 Å². The molecule has 0 atom stereocenters. The predicted molar refractivity (Wildman–Crippen MR) is 60.2 cm³/mol. The molecule has 1 aromatic carbocycles. The highest BCUT2D eigenvalue weighted by Gasteiger charge is 2.08. The topological polar surface area (TPSA) is 34.9 Å². The van der Waals surface area contributed by atoms with Gasteiger partial charge in [0, 0.05) is 7.05 Å². The average Bonchev–Trinajstić information content (AvgIpc) is 2.55. The van der Waals surface area contributed by atoms with Crippen molar-refractivity contribution in [3.63, 3.8) is 0 Å². The number of aryl methyl sites for hydroxylation is 1. The zero-order chi connectivity index (χ0) is 11.0. The van der Waals surface area contributed by atoms with Crippen LogP contribution in [0, 0.1) is 0 Å². The smallest absolute Gasteiger partial charge is 0.185 e. The summed E-state index contributed by atoms with van der Waals surface area (Å²) < 4.78 is 1.83. The quantitative estimate of drug-likeness (QED) is 0.701. The van der Waals surface area contributed by atoms with Crippen LogP contribution < -0.4 is 0 Å². The molecule has 0 unspecified atom stereocenters. The van der Waals surface area contributed by atoms with Crippen LogP contribution in [0.5, 0.6) is 0 Å². The number of hydrogen-bond acceptors (Lipinski definition) is 2. The first kappa shape index (κ1) is 9.90. The number of imidazole rings is 1. The molecule has 1 heterocycles. The number of carbonyl (C=O) groups is 1. The molecule has 2 aromatic rings. The molecule has 0 spiro atoms. The van der Waals surface area contributed by atoms with Crippen molar-refractivity contribution in [2.75, 3.05) is 0 Å². The van der Waals surface area contributed by atoms with Gasteiger partial charge in [0.2, 0.25) is 0 Å². The van der Waals surface area contributed by atoms with E-state index in [0.717, 1.165) is 17.3 Å². The Morgan fingerprint density at radius 1 is 1.40 bits per heavy atom. The third-order valence-electron chi connectivity index (χ3n) is 2.71. The summed E-state index contributed by atoms with van der Waals surface area (Å²) in [7, 11) is 1.86. The van der Waals surface area contributed by atoms with Crippen LogP contribution in [0.15, 0.2) is 18.2 Å². The van der Waals surface area contributed by atoms with E-state index in [1.54, 1.807) is 0 Å². The zero-order valence-corrected chi connectivity index (χ0v) is 9.19. The van der Waals surface area contributed by atoms with Gasteiger partial charge in [0.1, 0.15) is 0 Å². The largest absolute Gasteiger partial charge is 0.325 e. The van der Waals surface area contributed by atoms with E-state index in [1.807, 2.05) is 17.7 Å². The summed E-state index contributed by atoms with van der Waals surface area (Å²) >= 11 is 0. The molecule has 15 heavy (non-hydrogen) atoms. The van der Waals surface area contributed by atoms with Gasteiger partial charge < -0.3 is 4.57 Å². The molecule has 0 saturated heterocycles. The minimum absolute atomic E-state index is 0.478. The molecule has 0 bridgehead atoms. The molecule has 0 radical (unpaired) electrons. The van der Waals surface area contributed by atoms with Crippen molar-refractivity contribution in [1.29, 1.82) is 0 Å². The Bertz CT molecular complexity index is 512. The number of aromatic nitrogens is 2. The number of aldehydes is 1. The standard InChI is InChI=1S/C12H14N2O/c1-8(2)9-4-5-10-11(6-9)14(3)12(7-15)13-10/h4-8H,1-3H3. The molecule has 2 rings (SSSR count). The second kappa shape index (κ2) is 3.50. The fraction of sp³-hybridized carbons (Fsp3) is 0.333. The highest BCUT2D eigenvalue weighted by atomic mass is 16.1. The Morgan fingerprint density at radius 2 is 2.13 bits per heavy atom. The molecule has 0 saturated carbocycles. The molecule has 0 amide bonds. The number of rotatable bonds is 2. The summed E-state index contributed by atoms with van der Waals surface area (Å²) in [6.45, 7) is 4.30. The minimum Gasteiger partial charge on any atom is -0.325 e. The summed E-state index contributed by atoms with van der Waals surface area (Å²) in [5.41, 5.74) is 3.16. The van der Waals surface area contributed by atoms with Crippen LogP contribution in [0.25, 0.3) is 11.0 Å². The molecule has 0 aliphatic heterocycles. The van der Waals surface area contributed by atoms with E-state index in [4.69, 9.17) is 0 Å². The van der Waals surface area contributed by atoms with Crippen molar-refractivity contribution >= 4 is 17.3 Å². The lowest BCUT2D eigenvalue weighted by molar-refractivity contribution is 0.111. The molecule has 0 aliphatic carbocycles. The Labute approximate surface area is 88.7 Å². The van der Waals surface area contributed by atoms with Crippen LogP contribution >= 0.6 is 0 Å². The van der Waals surface area contributed by atoms with Crippen molar-refractivity contribution in [2.24, 2.45) is 7.05 Å². The van der Waals surface area contributed by atoms with Gasteiger partial charge in [0.05, 0.1) is 11.0 Å². The molecule has 78 valence electrons. The average molecular weight is 202 g/mol. The lowest BCUT2D eigenvalue weighted by Crippen LogP contribution is -1.95. The monoisotopic (exact) mass is 202 g/mol. The van der Waals surface area contributed by atoms with Crippen molar-refractivity contribution < 1.29 is 4.79 Å². The summed E-state index contributed by atoms with van der Waals surface area (Å²) in [4.78, 5) is 15.0. The van der Waals surface area contributed by atoms with E-state index in [-0.39, 0.29) is 0 Å². The van der Waals surface area contributed by atoms with Gasteiger partial charge >= 0.3 is 0 Å². The summed E-state index contributed by atoms with van der Waals surface area (Å²) in [6.07, 6.45) is 0.787. The fourth-order valence-corrected chi connectivity index (χ4v) is 1.69. The van der Waals surface area contributed by atoms with Gasteiger partial charge in [0.25, 0.3) is 0 Å². The Morgan fingerprint density at radius 3 is 2.73 bits per heavy atom. The highest BCUT2D eigenvalue weighted by Crippen LogP contribution is 2.21. The van der Waals surface area contributed by atoms with Gasteiger partial charge in [-0.25, -0.2) is 4.98 Å². The van der Waals surface area contributed by atoms with Crippen molar-refractivity contribution in [1.82, 2.24) is 9.55 Å². The van der Waals surface area contributed by atoms with Crippen LogP contribution in [0.4, 0.5) is 0 Å². The summed E-state index contributed by atoms with van der Waals surface area (Å²) in [5.74, 6) is 0.967. The lowest BCUT2D eigenvalue weighted by Gasteiger charge is -2.05. The first-order valence-electron chi connectivity index (χ1n) is 5.05. The molecule has 1 aromatic heterocycles. The lowest BCUT2D eigenvalue weighted by atomic mass is 10.0. The van der Waals surface area contributed by atoms with Gasteiger partial charge in [-0.2, -0.15) is 0 Å². The number of carbonyl (C=O) groups excluding carboxylic acids is 1. The van der Waals surface area contributed by atoms with Gasteiger partial charge in [-0.3, -0.25) is 4.79 Å². The Balaban J connectivity index is 2.70. The molecule has 0 fully saturated rings. The third kappa shape index (κ3) is 1.54. The maximum Gasteiger partial charge on any atom is 0.185 e. The zero-order valence-electron chi connectivity index (χ0n) is 9.19.